The minimum Gasteiger partial charge on any atom is -0.455 e. The van der Waals surface area contributed by atoms with Gasteiger partial charge in [-0.2, -0.15) is 0 Å². The number of amides is 1. The van der Waals surface area contributed by atoms with Crippen molar-refractivity contribution in [3.63, 3.8) is 0 Å². The Hall–Kier alpha value is -1.82. The quantitative estimate of drug-likeness (QED) is 0.327. The van der Waals surface area contributed by atoms with Crippen molar-refractivity contribution in [2.75, 3.05) is 19.7 Å². The van der Waals surface area contributed by atoms with Gasteiger partial charge in [-0.1, -0.05) is 12.7 Å². The lowest BCUT2D eigenvalue weighted by atomic mass is 9.84. The molecule has 4 aliphatic rings. The average Bonchev–Trinajstić information content (AvgIpc) is 2.98. The Morgan fingerprint density at radius 2 is 2.19 bits per heavy atom. The average molecular weight is 361 g/mol. The normalized spacial score (nSPS) is 38.7. The molecule has 0 aromatic carbocycles. The highest BCUT2D eigenvalue weighted by molar-refractivity contribution is 5.91. The zero-order valence-electron chi connectivity index (χ0n) is 15.4. The van der Waals surface area contributed by atoms with E-state index in [1.54, 1.807) is 4.90 Å². The zero-order chi connectivity index (χ0) is 18.3. The largest absolute Gasteiger partial charge is 0.455 e. The summed E-state index contributed by atoms with van der Waals surface area (Å²) in [6.45, 7) is 7.90. The first kappa shape index (κ1) is 17.6. The molecule has 4 atom stereocenters. The van der Waals surface area contributed by atoms with Crippen molar-refractivity contribution < 1.29 is 23.8 Å². The van der Waals surface area contributed by atoms with Crippen molar-refractivity contribution in [1.82, 2.24) is 4.90 Å². The second-order valence-electron chi connectivity index (χ2n) is 8.04. The second-order valence-corrected chi connectivity index (χ2v) is 8.04. The van der Waals surface area contributed by atoms with E-state index in [4.69, 9.17) is 14.2 Å². The van der Waals surface area contributed by atoms with Crippen LogP contribution < -0.4 is 0 Å². The number of hydrogen-bond acceptors (Lipinski definition) is 5. The lowest BCUT2D eigenvalue weighted by Gasteiger charge is -2.21. The van der Waals surface area contributed by atoms with Crippen molar-refractivity contribution in [3.05, 3.63) is 23.8 Å². The first-order valence-corrected chi connectivity index (χ1v) is 9.65. The van der Waals surface area contributed by atoms with Crippen LogP contribution in [0.25, 0.3) is 0 Å². The number of likely N-dealkylation sites (tertiary alicyclic amines) is 1. The van der Waals surface area contributed by atoms with Gasteiger partial charge in [-0.05, 0) is 51.0 Å². The van der Waals surface area contributed by atoms with E-state index in [9.17, 15) is 9.59 Å². The Morgan fingerprint density at radius 3 is 2.96 bits per heavy atom. The van der Waals surface area contributed by atoms with Crippen LogP contribution in [0.4, 0.5) is 4.79 Å². The summed E-state index contributed by atoms with van der Waals surface area (Å²) in [7, 11) is 0. The maximum absolute atomic E-state index is 12.1. The number of allylic oxidation sites excluding steroid dienone is 1. The molecular formula is C20H27NO5. The lowest BCUT2D eigenvalue weighted by molar-refractivity contribution is -0.140. The molecule has 0 unspecified atom stereocenters. The van der Waals surface area contributed by atoms with Gasteiger partial charge in [-0.25, -0.2) is 9.59 Å². The summed E-state index contributed by atoms with van der Waals surface area (Å²) < 4.78 is 17.0. The number of ether oxygens (including phenoxy) is 3. The molecule has 142 valence electrons. The smallest absolute Gasteiger partial charge is 0.410 e. The third-order valence-electron chi connectivity index (χ3n) is 6.18. The second kappa shape index (κ2) is 6.72. The van der Waals surface area contributed by atoms with Crippen LogP contribution in [0.2, 0.25) is 0 Å². The van der Waals surface area contributed by atoms with E-state index in [-0.39, 0.29) is 35.8 Å². The number of fused-ring (bicyclic) bond motifs is 3. The van der Waals surface area contributed by atoms with E-state index in [0.717, 1.165) is 57.2 Å². The van der Waals surface area contributed by atoms with E-state index in [1.807, 2.05) is 0 Å². The molecule has 3 heterocycles. The van der Waals surface area contributed by atoms with Crippen LogP contribution in [0.5, 0.6) is 0 Å². The first-order valence-electron chi connectivity index (χ1n) is 9.65. The maximum atomic E-state index is 12.1. The number of epoxide rings is 1. The molecule has 4 rings (SSSR count). The van der Waals surface area contributed by atoms with Crippen LogP contribution in [0.15, 0.2) is 23.8 Å². The van der Waals surface area contributed by atoms with Crippen LogP contribution in [0, 0.1) is 5.92 Å². The van der Waals surface area contributed by atoms with Crippen molar-refractivity contribution >= 4 is 12.1 Å². The lowest BCUT2D eigenvalue weighted by Crippen LogP contribution is -2.30. The van der Waals surface area contributed by atoms with Gasteiger partial charge in [0.15, 0.2) is 0 Å². The Kier molecular flexibility index (Phi) is 4.55. The highest BCUT2D eigenvalue weighted by Crippen LogP contribution is 2.49. The third-order valence-corrected chi connectivity index (χ3v) is 6.18. The van der Waals surface area contributed by atoms with Crippen LogP contribution in [0.1, 0.15) is 45.4 Å². The molecule has 0 N–H and O–H groups in total. The van der Waals surface area contributed by atoms with E-state index < -0.39 is 0 Å². The fourth-order valence-corrected chi connectivity index (χ4v) is 4.40. The van der Waals surface area contributed by atoms with Gasteiger partial charge in [0.05, 0.1) is 5.60 Å². The van der Waals surface area contributed by atoms with Gasteiger partial charge in [0.1, 0.15) is 18.8 Å². The Labute approximate surface area is 154 Å². The number of nitrogens with zero attached hydrogens (tertiary/aromatic N) is 1. The Bertz CT molecular complexity index is 651. The number of rotatable bonds is 2. The van der Waals surface area contributed by atoms with Gasteiger partial charge in [-0.15, -0.1) is 0 Å². The predicted octanol–water partition coefficient (Wildman–Crippen LogP) is 2.97. The minimum absolute atomic E-state index is 0.0230. The molecule has 1 amide bonds. The van der Waals surface area contributed by atoms with Crippen molar-refractivity contribution in [1.29, 1.82) is 0 Å². The molecular weight excluding hydrogens is 334 g/mol. The van der Waals surface area contributed by atoms with Crippen molar-refractivity contribution in [2.45, 2.75) is 63.3 Å². The highest BCUT2D eigenvalue weighted by atomic mass is 16.6. The van der Waals surface area contributed by atoms with Crippen molar-refractivity contribution in [2.24, 2.45) is 5.92 Å². The molecule has 6 nitrogen and oxygen atoms in total. The summed E-state index contributed by atoms with van der Waals surface area (Å²) in [4.78, 5) is 25.9. The monoisotopic (exact) mass is 361 g/mol. The summed E-state index contributed by atoms with van der Waals surface area (Å²) in [5, 5.41) is 0. The molecule has 1 aliphatic carbocycles. The minimum atomic E-state index is -0.303. The van der Waals surface area contributed by atoms with Crippen LogP contribution in [-0.4, -0.2) is 54.5 Å². The molecule has 0 aromatic rings. The Morgan fingerprint density at radius 1 is 1.42 bits per heavy atom. The molecule has 3 fully saturated rings. The third kappa shape index (κ3) is 3.27. The van der Waals surface area contributed by atoms with E-state index >= 15 is 0 Å². The van der Waals surface area contributed by atoms with Gasteiger partial charge < -0.3 is 19.1 Å². The van der Waals surface area contributed by atoms with Gasteiger partial charge in [0.2, 0.25) is 0 Å². The molecule has 26 heavy (non-hydrogen) atoms. The Balaban J connectivity index is 1.42. The molecule has 0 spiro atoms. The van der Waals surface area contributed by atoms with E-state index in [0.29, 0.717) is 12.2 Å². The number of esters is 1. The van der Waals surface area contributed by atoms with Crippen LogP contribution in [0.3, 0.4) is 0 Å². The van der Waals surface area contributed by atoms with Gasteiger partial charge in [0, 0.05) is 24.6 Å². The number of carbonyl (C=O) groups excluding carboxylic acids is 2. The van der Waals surface area contributed by atoms with Gasteiger partial charge in [0.25, 0.3) is 0 Å². The summed E-state index contributed by atoms with van der Waals surface area (Å²) >= 11 is 0. The highest BCUT2D eigenvalue weighted by Gasteiger charge is 2.61. The summed E-state index contributed by atoms with van der Waals surface area (Å²) in [5.41, 5.74) is 1.41. The van der Waals surface area contributed by atoms with Crippen LogP contribution in [-0.2, 0) is 19.0 Å². The molecule has 0 radical (unpaired) electrons. The number of carbonyl (C=O) groups is 2. The first-order chi connectivity index (χ1) is 12.5. The fraction of sp³-hybridized carbons (Fsp3) is 0.700. The zero-order valence-corrected chi connectivity index (χ0v) is 15.4. The summed E-state index contributed by atoms with van der Waals surface area (Å²) in [6, 6.07) is 0. The fourth-order valence-electron chi connectivity index (χ4n) is 4.40. The summed E-state index contributed by atoms with van der Waals surface area (Å²) in [5.74, 6) is -0.326. The summed E-state index contributed by atoms with van der Waals surface area (Å²) in [6.07, 6.45) is 7.07. The molecule has 0 saturated carbocycles. The van der Waals surface area contributed by atoms with Gasteiger partial charge >= 0.3 is 12.1 Å². The predicted molar refractivity (Wildman–Crippen MR) is 94.5 cm³/mol. The maximum Gasteiger partial charge on any atom is 0.410 e. The van der Waals surface area contributed by atoms with E-state index in [1.165, 1.54) is 0 Å². The SMILES string of the molecule is C=C1C(=O)O[C@H]2[C@H]1CC/C(COC(=O)N1CCCC1)=C\CC[C@@]1(C)O[C@@H]21. The molecule has 0 bridgehead atoms. The molecule has 0 aromatic heterocycles. The van der Waals surface area contributed by atoms with E-state index in [2.05, 4.69) is 19.6 Å². The molecule has 3 aliphatic heterocycles. The topological polar surface area (TPSA) is 68.4 Å². The molecule has 6 heteroatoms. The number of hydrogen-bond donors (Lipinski definition) is 0. The van der Waals surface area contributed by atoms with Gasteiger partial charge in [-0.3, -0.25) is 0 Å². The van der Waals surface area contributed by atoms with Crippen molar-refractivity contribution in [3.8, 4) is 0 Å². The van der Waals surface area contributed by atoms with Crippen LogP contribution >= 0.6 is 0 Å². The molecule has 3 saturated heterocycles. The standard InChI is InChI=1S/C20H27NO5/c1-13-15-8-7-14(12-24-19(23)21-10-3-4-11-21)6-5-9-20(2)17(26-20)16(15)25-18(13)22/h6,15-17H,1,3-5,7-12H2,2H3/b14-6+/t15-,16-,17-,20+/m0/s1.